The van der Waals surface area contributed by atoms with Gasteiger partial charge < -0.3 is 9.47 Å². The Morgan fingerprint density at radius 3 is 2.78 bits per heavy atom. The lowest BCUT2D eigenvalue weighted by Gasteiger charge is -2.35. The van der Waals surface area contributed by atoms with E-state index in [4.69, 9.17) is 0 Å². The van der Waals surface area contributed by atoms with Crippen molar-refractivity contribution in [1.29, 1.82) is 0 Å². The summed E-state index contributed by atoms with van der Waals surface area (Å²) in [6.07, 6.45) is 6.65. The minimum absolute atomic E-state index is 0.0477. The molecule has 1 fully saturated rings. The molecular weight excluding hydrogens is 360 g/mol. The van der Waals surface area contributed by atoms with Gasteiger partial charge in [-0.05, 0) is 39.2 Å². The van der Waals surface area contributed by atoms with Crippen LogP contribution in [-0.4, -0.2) is 41.9 Å². The van der Waals surface area contributed by atoms with Gasteiger partial charge in [0, 0.05) is 26.0 Å². The van der Waals surface area contributed by atoms with Crippen molar-refractivity contribution in [3.63, 3.8) is 0 Å². The molecule has 0 saturated carbocycles. The molecule has 4 rings (SSSR count). The second-order valence-electron chi connectivity index (χ2n) is 6.86. The van der Waals surface area contributed by atoms with Gasteiger partial charge in [-0.15, -0.1) is 11.3 Å². The van der Waals surface area contributed by atoms with Gasteiger partial charge in [0.2, 0.25) is 0 Å². The maximum absolute atomic E-state index is 13.2. The summed E-state index contributed by atoms with van der Waals surface area (Å²) < 4.78 is 1.94. The molecule has 0 spiro atoms. The van der Waals surface area contributed by atoms with E-state index in [0.29, 0.717) is 5.82 Å². The van der Waals surface area contributed by atoms with Crippen LogP contribution in [0.25, 0.3) is 11.5 Å². The Balaban J connectivity index is 1.72. The molecule has 0 aliphatic carbocycles. The smallest absolute Gasteiger partial charge is 0.266 e. The second kappa shape index (κ2) is 7.19. The zero-order chi connectivity index (χ0) is 19.0. The molecular formula is C19H22N6OS. The topological polar surface area (TPSA) is 76.8 Å². The third-order valence-electron chi connectivity index (χ3n) is 4.95. The van der Waals surface area contributed by atoms with Crippen LogP contribution >= 0.6 is 11.3 Å². The van der Waals surface area contributed by atoms with Crippen LogP contribution in [0.1, 0.15) is 52.2 Å². The Morgan fingerprint density at radius 2 is 2.07 bits per heavy atom. The standard InChI is InChI=1S/C19H22N6OS/c1-12-17(27-11-21-12)19(26)25-8-5-4-6-16(25)14-10-15(23-13(2)22-14)18-20-7-9-24(18)3/h7,9-11,16H,4-6,8H2,1-3H3/t16-/m1/s1. The lowest BCUT2D eigenvalue weighted by molar-refractivity contribution is 0.0609. The highest BCUT2D eigenvalue weighted by Gasteiger charge is 2.31. The molecule has 0 N–H and O–H groups in total. The van der Waals surface area contributed by atoms with Gasteiger partial charge in [0.1, 0.15) is 16.4 Å². The Labute approximate surface area is 162 Å². The van der Waals surface area contributed by atoms with Crippen LogP contribution in [-0.2, 0) is 7.05 Å². The highest BCUT2D eigenvalue weighted by atomic mass is 32.1. The number of likely N-dealkylation sites (tertiary alicyclic amines) is 1. The fourth-order valence-electron chi connectivity index (χ4n) is 3.61. The van der Waals surface area contributed by atoms with Gasteiger partial charge >= 0.3 is 0 Å². The summed E-state index contributed by atoms with van der Waals surface area (Å²) >= 11 is 1.41. The van der Waals surface area contributed by atoms with Crippen molar-refractivity contribution in [3.8, 4) is 11.5 Å². The first-order chi connectivity index (χ1) is 13.0. The lowest BCUT2D eigenvalue weighted by Crippen LogP contribution is -2.39. The molecule has 0 bridgehead atoms. The molecule has 0 aromatic carbocycles. The monoisotopic (exact) mass is 382 g/mol. The third kappa shape index (κ3) is 3.37. The maximum atomic E-state index is 13.2. The summed E-state index contributed by atoms with van der Waals surface area (Å²) in [5.74, 6) is 1.54. The molecule has 0 unspecified atom stereocenters. The number of amides is 1. The van der Waals surface area contributed by atoms with Gasteiger partial charge in [0.05, 0.1) is 22.9 Å². The number of carbonyl (C=O) groups is 1. The Morgan fingerprint density at radius 1 is 1.22 bits per heavy atom. The number of piperidine rings is 1. The predicted molar refractivity (Wildman–Crippen MR) is 103 cm³/mol. The predicted octanol–water partition coefficient (Wildman–Crippen LogP) is 3.32. The van der Waals surface area contributed by atoms with Gasteiger partial charge in [0.15, 0.2) is 5.82 Å². The lowest BCUT2D eigenvalue weighted by atomic mass is 9.98. The molecule has 3 aromatic rings. The normalized spacial score (nSPS) is 17.3. The van der Waals surface area contributed by atoms with Crippen LogP contribution in [0.15, 0.2) is 24.0 Å². The van der Waals surface area contributed by atoms with Crippen LogP contribution < -0.4 is 0 Å². The molecule has 1 aliphatic heterocycles. The molecule has 4 heterocycles. The Kier molecular flexibility index (Phi) is 4.73. The minimum Gasteiger partial charge on any atom is -0.333 e. The van der Waals surface area contributed by atoms with E-state index in [1.807, 2.05) is 42.6 Å². The number of rotatable bonds is 3. The largest absolute Gasteiger partial charge is 0.333 e. The Hall–Kier alpha value is -2.61. The molecule has 7 nitrogen and oxygen atoms in total. The van der Waals surface area contributed by atoms with Crippen molar-refractivity contribution in [2.45, 2.75) is 39.2 Å². The van der Waals surface area contributed by atoms with Crippen molar-refractivity contribution in [2.24, 2.45) is 7.05 Å². The van der Waals surface area contributed by atoms with E-state index in [1.54, 1.807) is 11.7 Å². The van der Waals surface area contributed by atoms with E-state index in [2.05, 4.69) is 19.9 Å². The molecule has 27 heavy (non-hydrogen) atoms. The quantitative estimate of drug-likeness (QED) is 0.694. The van der Waals surface area contributed by atoms with Crippen molar-refractivity contribution in [2.75, 3.05) is 6.54 Å². The summed E-state index contributed by atoms with van der Waals surface area (Å²) in [6, 6.07) is 1.93. The molecule has 1 saturated heterocycles. The van der Waals surface area contributed by atoms with Gasteiger partial charge in [-0.25, -0.2) is 19.9 Å². The number of hydrogen-bond donors (Lipinski definition) is 0. The average Bonchev–Trinajstić information content (AvgIpc) is 3.28. The highest BCUT2D eigenvalue weighted by Crippen LogP contribution is 2.33. The number of aryl methyl sites for hydroxylation is 3. The first kappa shape index (κ1) is 17.8. The summed E-state index contributed by atoms with van der Waals surface area (Å²) in [5.41, 5.74) is 4.20. The molecule has 3 aromatic heterocycles. The molecule has 1 amide bonds. The van der Waals surface area contributed by atoms with E-state index in [1.165, 1.54) is 11.3 Å². The summed E-state index contributed by atoms with van der Waals surface area (Å²) in [5, 5.41) is 0. The molecule has 140 valence electrons. The fraction of sp³-hybridized carbons (Fsp3) is 0.421. The minimum atomic E-state index is -0.0477. The van der Waals surface area contributed by atoms with Crippen molar-refractivity contribution in [3.05, 3.63) is 46.1 Å². The molecule has 0 radical (unpaired) electrons. The van der Waals surface area contributed by atoms with Crippen molar-refractivity contribution < 1.29 is 4.79 Å². The van der Waals surface area contributed by atoms with Crippen molar-refractivity contribution >= 4 is 17.2 Å². The van der Waals surface area contributed by atoms with E-state index < -0.39 is 0 Å². The summed E-state index contributed by atoms with van der Waals surface area (Å²) in [4.78, 5) is 33.7. The van der Waals surface area contributed by atoms with E-state index in [0.717, 1.165) is 53.6 Å². The zero-order valence-corrected chi connectivity index (χ0v) is 16.5. The van der Waals surface area contributed by atoms with E-state index in [-0.39, 0.29) is 11.9 Å². The number of nitrogens with zero attached hydrogens (tertiary/aromatic N) is 6. The van der Waals surface area contributed by atoms with E-state index in [9.17, 15) is 4.79 Å². The highest BCUT2D eigenvalue weighted by molar-refractivity contribution is 7.11. The van der Waals surface area contributed by atoms with Crippen LogP contribution in [0.3, 0.4) is 0 Å². The van der Waals surface area contributed by atoms with Crippen molar-refractivity contribution in [1.82, 2.24) is 29.4 Å². The molecule has 8 heteroatoms. The fourth-order valence-corrected chi connectivity index (χ4v) is 4.37. The zero-order valence-electron chi connectivity index (χ0n) is 15.7. The number of carbonyl (C=O) groups excluding carboxylic acids is 1. The summed E-state index contributed by atoms with van der Waals surface area (Å²) in [7, 11) is 1.95. The van der Waals surface area contributed by atoms with Gasteiger partial charge in [0.25, 0.3) is 5.91 Å². The van der Waals surface area contributed by atoms with Crippen LogP contribution in [0.2, 0.25) is 0 Å². The first-order valence-electron chi connectivity index (χ1n) is 9.09. The van der Waals surface area contributed by atoms with Crippen LogP contribution in [0.5, 0.6) is 0 Å². The summed E-state index contributed by atoms with van der Waals surface area (Å²) in [6.45, 7) is 4.51. The van der Waals surface area contributed by atoms with Gasteiger partial charge in [-0.3, -0.25) is 4.79 Å². The number of hydrogen-bond acceptors (Lipinski definition) is 6. The van der Waals surface area contributed by atoms with Crippen LogP contribution in [0, 0.1) is 13.8 Å². The maximum Gasteiger partial charge on any atom is 0.266 e. The van der Waals surface area contributed by atoms with Gasteiger partial charge in [-0.2, -0.15) is 0 Å². The third-order valence-corrected chi connectivity index (χ3v) is 5.87. The van der Waals surface area contributed by atoms with Crippen LogP contribution in [0.4, 0.5) is 0 Å². The van der Waals surface area contributed by atoms with Gasteiger partial charge in [-0.1, -0.05) is 0 Å². The SMILES string of the molecule is Cc1nc(-c2nccn2C)cc([C@H]2CCCCN2C(=O)c2scnc2C)n1. The Bertz CT molecular complexity index is 978. The molecule has 1 aliphatic rings. The molecule has 1 atom stereocenters. The first-order valence-corrected chi connectivity index (χ1v) is 9.97. The number of aromatic nitrogens is 5. The average molecular weight is 382 g/mol. The number of imidazole rings is 1. The van der Waals surface area contributed by atoms with E-state index >= 15 is 0 Å². The number of thiazole rings is 1. The second-order valence-corrected chi connectivity index (χ2v) is 7.72.